The first-order chi connectivity index (χ1) is 11.5. The van der Waals surface area contributed by atoms with Crippen LogP contribution in [-0.2, 0) is 9.59 Å². The van der Waals surface area contributed by atoms with Crippen molar-refractivity contribution in [1.82, 2.24) is 10.2 Å². The van der Waals surface area contributed by atoms with E-state index in [1.165, 1.54) is 6.07 Å². The van der Waals surface area contributed by atoms with Crippen molar-refractivity contribution in [1.29, 1.82) is 0 Å². The van der Waals surface area contributed by atoms with E-state index in [4.69, 9.17) is 14.2 Å². The molecule has 1 aliphatic carbocycles. The van der Waals surface area contributed by atoms with E-state index in [0.717, 1.165) is 17.7 Å². The van der Waals surface area contributed by atoms with Crippen LogP contribution in [0.3, 0.4) is 0 Å². The second-order valence-corrected chi connectivity index (χ2v) is 6.29. The van der Waals surface area contributed by atoms with E-state index in [1.54, 1.807) is 19.1 Å². The summed E-state index contributed by atoms with van der Waals surface area (Å²) >= 11 is 0. The Bertz CT molecular complexity index is 744. The quantitative estimate of drug-likeness (QED) is 0.503. The number of nitrogens with one attached hydrogen (secondary N) is 1. The number of benzene rings is 1. The van der Waals surface area contributed by atoms with Crippen LogP contribution in [-0.4, -0.2) is 41.7 Å². The van der Waals surface area contributed by atoms with Gasteiger partial charge in [0.25, 0.3) is 5.91 Å². The first-order valence-corrected chi connectivity index (χ1v) is 7.72. The van der Waals surface area contributed by atoms with Crippen molar-refractivity contribution in [3.05, 3.63) is 18.2 Å². The van der Waals surface area contributed by atoms with Crippen molar-refractivity contribution in [3.63, 3.8) is 0 Å². The molecule has 1 saturated carbocycles. The van der Waals surface area contributed by atoms with Gasteiger partial charge in [-0.15, -0.1) is 0 Å². The van der Waals surface area contributed by atoms with Gasteiger partial charge in [0.1, 0.15) is 17.8 Å². The standard InChI is InChI=1S/C16H16N2O6/c1-16(9-2-3-9)14(20)18(15(21)17-16)7-13(19)24-10-4-5-11-12(6-10)23-8-22-11/h4-6,9H,2-3,7-8H2,1H3,(H,17,21)/t16-/m1/s1. The van der Waals surface area contributed by atoms with Crippen LogP contribution in [0, 0.1) is 5.92 Å². The number of ether oxygens (including phenoxy) is 3. The molecule has 8 heteroatoms. The minimum absolute atomic E-state index is 0.120. The number of hydrogen-bond acceptors (Lipinski definition) is 6. The van der Waals surface area contributed by atoms with E-state index in [1.807, 2.05) is 0 Å². The molecule has 0 bridgehead atoms. The zero-order chi connectivity index (χ0) is 16.9. The summed E-state index contributed by atoms with van der Waals surface area (Å²) in [5, 5.41) is 2.69. The Hall–Kier alpha value is -2.77. The van der Waals surface area contributed by atoms with Crippen LogP contribution >= 0.6 is 0 Å². The Balaban J connectivity index is 1.42. The molecule has 1 atom stereocenters. The van der Waals surface area contributed by atoms with Gasteiger partial charge >= 0.3 is 12.0 Å². The van der Waals surface area contributed by atoms with Crippen molar-refractivity contribution in [2.45, 2.75) is 25.3 Å². The van der Waals surface area contributed by atoms with Crippen molar-refractivity contribution in [3.8, 4) is 17.2 Å². The lowest BCUT2D eigenvalue weighted by molar-refractivity contribution is -0.141. The summed E-state index contributed by atoms with van der Waals surface area (Å²) in [7, 11) is 0. The van der Waals surface area contributed by atoms with Gasteiger partial charge in [-0.2, -0.15) is 0 Å². The molecule has 1 N–H and O–H groups in total. The van der Waals surface area contributed by atoms with Gasteiger partial charge in [0.2, 0.25) is 6.79 Å². The molecule has 24 heavy (non-hydrogen) atoms. The fourth-order valence-corrected chi connectivity index (χ4v) is 3.03. The highest BCUT2D eigenvalue weighted by molar-refractivity contribution is 6.08. The molecule has 126 valence electrons. The van der Waals surface area contributed by atoms with E-state index in [0.29, 0.717) is 11.5 Å². The third-order valence-corrected chi connectivity index (χ3v) is 4.56. The van der Waals surface area contributed by atoms with Crippen molar-refractivity contribution < 1.29 is 28.6 Å². The summed E-state index contributed by atoms with van der Waals surface area (Å²) in [5.74, 6) is 0.390. The Labute approximate surface area is 137 Å². The minimum Gasteiger partial charge on any atom is -0.454 e. The second-order valence-electron chi connectivity index (χ2n) is 6.29. The first kappa shape index (κ1) is 14.8. The molecule has 3 aliphatic rings. The lowest BCUT2D eigenvalue weighted by Crippen LogP contribution is -2.46. The molecular weight excluding hydrogens is 316 g/mol. The Morgan fingerprint density at radius 3 is 2.83 bits per heavy atom. The fourth-order valence-electron chi connectivity index (χ4n) is 3.03. The van der Waals surface area contributed by atoms with Gasteiger partial charge in [-0.1, -0.05) is 0 Å². The number of nitrogens with zero attached hydrogens (tertiary/aromatic N) is 1. The highest BCUT2D eigenvalue weighted by Crippen LogP contribution is 2.42. The first-order valence-electron chi connectivity index (χ1n) is 7.72. The third kappa shape index (κ3) is 2.34. The zero-order valence-corrected chi connectivity index (χ0v) is 13.0. The lowest BCUT2D eigenvalue weighted by Gasteiger charge is -2.20. The maximum Gasteiger partial charge on any atom is 0.331 e. The average Bonchev–Trinajstić information content (AvgIpc) is 3.26. The molecule has 0 radical (unpaired) electrons. The number of urea groups is 1. The van der Waals surface area contributed by atoms with E-state index >= 15 is 0 Å². The number of carbonyl (C=O) groups is 3. The normalized spacial score (nSPS) is 25.0. The number of esters is 1. The molecule has 4 rings (SSSR count). The smallest absolute Gasteiger partial charge is 0.331 e. The van der Waals surface area contributed by atoms with Crippen LogP contribution in [0.5, 0.6) is 17.2 Å². The van der Waals surface area contributed by atoms with Crippen LogP contribution in [0.2, 0.25) is 0 Å². The number of carbonyl (C=O) groups excluding carboxylic acids is 3. The Kier molecular flexibility index (Phi) is 3.16. The molecule has 8 nitrogen and oxygen atoms in total. The van der Waals surface area contributed by atoms with Crippen LogP contribution in [0.1, 0.15) is 19.8 Å². The van der Waals surface area contributed by atoms with E-state index in [9.17, 15) is 14.4 Å². The van der Waals surface area contributed by atoms with Gasteiger partial charge < -0.3 is 19.5 Å². The van der Waals surface area contributed by atoms with Crippen LogP contribution in [0.15, 0.2) is 18.2 Å². The van der Waals surface area contributed by atoms with Crippen LogP contribution in [0.25, 0.3) is 0 Å². The molecule has 0 spiro atoms. The van der Waals surface area contributed by atoms with Crippen LogP contribution < -0.4 is 19.5 Å². The zero-order valence-electron chi connectivity index (χ0n) is 13.0. The molecule has 2 aliphatic heterocycles. The summed E-state index contributed by atoms with van der Waals surface area (Å²) in [6.45, 7) is 1.39. The molecule has 2 fully saturated rings. The summed E-state index contributed by atoms with van der Waals surface area (Å²) in [5.41, 5.74) is -0.907. The predicted molar refractivity (Wildman–Crippen MR) is 79.6 cm³/mol. The maximum absolute atomic E-state index is 12.5. The van der Waals surface area contributed by atoms with E-state index in [-0.39, 0.29) is 24.4 Å². The van der Waals surface area contributed by atoms with Gasteiger partial charge in [0, 0.05) is 6.07 Å². The summed E-state index contributed by atoms with van der Waals surface area (Å²) < 4.78 is 15.6. The monoisotopic (exact) mass is 332 g/mol. The molecule has 1 saturated heterocycles. The molecule has 2 heterocycles. The molecule has 3 amide bonds. The van der Waals surface area contributed by atoms with Gasteiger partial charge in [-0.25, -0.2) is 9.59 Å². The van der Waals surface area contributed by atoms with Gasteiger partial charge in [0.05, 0.1) is 0 Å². The number of rotatable bonds is 4. The minimum atomic E-state index is -0.907. The average molecular weight is 332 g/mol. The summed E-state index contributed by atoms with van der Waals surface area (Å²) in [6, 6.07) is 4.16. The highest BCUT2D eigenvalue weighted by Gasteiger charge is 2.56. The number of imide groups is 1. The van der Waals surface area contributed by atoms with Crippen LogP contribution in [0.4, 0.5) is 4.79 Å². The Morgan fingerprint density at radius 2 is 2.08 bits per heavy atom. The number of hydrogen-bond donors (Lipinski definition) is 1. The summed E-state index contributed by atoms with van der Waals surface area (Å²) in [4.78, 5) is 37.5. The van der Waals surface area contributed by atoms with Crippen molar-refractivity contribution in [2.75, 3.05) is 13.3 Å². The maximum atomic E-state index is 12.5. The fraction of sp³-hybridized carbons (Fsp3) is 0.438. The SMILES string of the molecule is C[C@]1(C2CC2)NC(=O)N(CC(=O)Oc2ccc3c(c2)OCO3)C1=O. The highest BCUT2D eigenvalue weighted by atomic mass is 16.7. The topological polar surface area (TPSA) is 94.2 Å². The third-order valence-electron chi connectivity index (χ3n) is 4.56. The summed E-state index contributed by atoms with van der Waals surface area (Å²) in [6.07, 6.45) is 1.80. The largest absolute Gasteiger partial charge is 0.454 e. The number of fused-ring (bicyclic) bond motifs is 1. The molecule has 0 unspecified atom stereocenters. The van der Waals surface area contributed by atoms with Gasteiger partial charge in [-0.05, 0) is 37.8 Å². The Morgan fingerprint density at radius 1 is 1.33 bits per heavy atom. The second kappa shape index (κ2) is 5.12. The van der Waals surface area contributed by atoms with Crippen molar-refractivity contribution >= 4 is 17.9 Å². The lowest BCUT2D eigenvalue weighted by atomic mass is 9.96. The molecular formula is C16H16N2O6. The van der Waals surface area contributed by atoms with E-state index < -0.39 is 24.1 Å². The molecule has 1 aromatic rings. The van der Waals surface area contributed by atoms with Gasteiger partial charge in [0.15, 0.2) is 11.5 Å². The van der Waals surface area contributed by atoms with Gasteiger partial charge in [-0.3, -0.25) is 9.69 Å². The van der Waals surface area contributed by atoms with Crippen molar-refractivity contribution in [2.24, 2.45) is 5.92 Å². The molecule has 0 aromatic heterocycles. The number of amides is 3. The predicted octanol–water partition coefficient (Wildman–Crippen LogP) is 1.04. The van der Waals surface area contributed by atoms with E-state index in [2.05, 4.69) is 5.32 Å². The molecule has 1 aromatic carbocycles.